The number of hydrogen-bond donors (Lipinski definition) is 0. The van der Waals surface area contributed by atoms with Gasteiger partial charge in [-0.25, -0.2) is 0 Å². The topological polar surface area (TPSA) is 43.4 Å². The summed E-state index contributed by atoms with van der Waals surface area (Å²) in [7, 11) is 0. The maximum Gasteiger partial charge on any atom is 0.178 e. The molecule has 0 heterocycles. The van der Waals surface area contributed by atoms with Gasteiger partial charge in [0.15, 0.2) is 5.78 Å². The third-order valence-corrected chi connectivity index (χ3v) is 2.61. The molecule has 0 amide bonds. The molecule has 1 aromatic rings. The van der Waals surface area contributed by atoms with E-state index >= 15 is 0 Å². The molecule has 0 spiro atoms. The number of rotatable bonds is 4. The van der Waals surface area contributed by atoms with Crippen molar-refractivity contribution in [1.82, 2.24) is 0 Å². The highest BCUT2D eigenvalue weighted by atomic mass is 16.5. The summed E-state index contributed by atoms with van der Waals surface area (Å²) in [5, 5.41) is 0. The first-order valence-corrected chi connectivity index (χ1v) is 5.32. The number of aldehydes is 1. The van der Waals surface area contributed by atoms with Crippen molar-refractivity contribution in [3.05, 3.63) is 60.2 Å². The third kappa shape index (κ3) is 2.40. The molecule has 0 saturated heterocycles. The molecule has 1 aromatic carbocycles. The second-order valence-corrected chi connectivity index (χ2v) is 3.71. The monoisotopic (exact) mass is 228 g/mol. The fourth-order valence-corrected chi connectivity index (χ4v) is 1.77. The molecule has 0 aromatic heterocycles. The van der Waals surface area contributed by atoms with Gasteiger partial charge < -0.3 is 9.53 Å². The van der Waals surface area contributed by atoms with E-state index in [4.69, 9.17) is 4.74 Å². The standard InChI is InChI=1S/C14H12O3/c15-10-11-17-14(8-6-13(16)7-9-14)12-4-2-1-3-5-12/h1-10H,11H2. The van der Waals surface area contributed by atoms with Gasteiger partial charge in [0, 0.05) is 0 Å². The van der Waals surface area contributed by atoms with Gasteiger partial charge in [-0.15, -0.1) is 0 Å². The Bertz CT molecular complexity index is 456. The van der Waals surface area contributed by atoms with Crippen LogP contribution in [-0.2, 0) is 19.9 Å². The van der Waals surface area contributed by atoms with Gasteiger partial charge in [-0.3, -0.25) is 4.79 Å². The van der Waals surface area contributed by atoms with Gasteiger partial charge in [0.1, 0.15) is 18.5 Å². The van der Waals surface area contributed by atoms with E-state index in [0.29, 0.717) is 6.29 Å². The Morgan fingerprint density at radius 1 is 1.12 bits per heavy atom. The van der Waals surface area contributed by atoms with Crippen LogP contribution in [-0.4, -0.2) is 18.7 Å². The highest BCUT2D eigenvalue weighted by molar-refractivity contribution is 6.00. The molecule has 86 valence electrons. The summed E-state index contributed by atoms with van der Waals surface area (Å²) in [6, 6.07) is 9.47. The van der Waals surface area contributed by atoms with Crippen molar-refractivity contribution < 1.29 is 14.3 Å². The highest BCUT2D eigenvalue weighted by Crippen LogP contribution is 2.31. The van der Waals surface area contributed by atoms with Gasteiger partial charge in [0.2, 0.25) is 0 Å². The molecule has 0 unspecified atom stereocenters. The number of allylic oxidation sites excluding steroid dienone is 2. The highest BCUT2D eigenvalue weighted by Gasteiger charge is 2.29. The molecule has 3 nitrogen and oxygen atoms in total. The minimum Gasteiger partial charge on any atom is -0.355 e. The lowest BCUT2D eigenvalue weighted by Gasteiger charge is -2.29. The number of ketones is 1. The normalized spacial score (nSPS) is 17.1. The average Bonchev–Trinajstić information content (AvgIpc) is 2.40. The lowest BCUT2D eigenvalue weighted by molar-refractivity contribution is -0.115. The molecule has 1 aliphatic rings. The predicted octanol–water partition coefficient (Wildman–Crippen LogP) is 1.79. The molecule has 0 atom stereocenters. The molecule has 0 bridgehead atoms. The van der Waals surface area contributed by atoms with Crippen LogP contribution in [0.3, 0.4) is 0 Å². The van der Waals surface area contributed by atoms with Gasteiger partial charge in [-0.05, 0) is 29.9 Å². The zero-order valence-corrected chi connectivity index (χ0v) is 9.21. The number of carbonyl (C=O) groups excluding carboxylic acids is 2. The Balaban J connectivity index is 2.38. The quantitative estimate of drug-likeness (QED) is 0.738. The number of benzene rings is 1. The molecular weight excluding hydrogens is 216 g/mol. The van der Waals surface area contributed by atoms with Crippen LogP contribution in [0, 0.1) is 0 Å². The summed E-state index contributed by atoms with van der Waals surface area (Å²) in [5.74, 6) is -0.0775. The van der Waals surface area contributed by atoms with E-state index in [-0.39, 0.29) is 12.4 Å². The van der Waals surface area contributed by atoms with Crippen molar-refractivity contribution >= 4 is 12.1 Å². The lowest BCUT2D eigenvalue weighted by atomic mass is 9.89. The second kappa shape index (κ2) is 4.89. The van der Waals surface area contributed by atoms with E-state index in [1.165, 1.54) is 12.2 Å². The van der Waals surface area contributed by atoms with Crippen LogP contribution in [0.4, 0.5) is 0 Å². The molecule has 2 rings (SSSR count). The van der Waals surface area contributed by atoms with Crippen molar-refractivity contribution in [1.29, 1.82) is 0 Å². The molecular formula is C14H12O3. The summed E-state index contributed by atoms with van der Waals surface area (Å²) < 4.78 is 5.56. The van der Waals surface area contributed by atoms with E-state index in [1.807, 2.05) is 30.3 Å². The van der Waals surface area contributed by atoms with E-state index in [1.54, 1.807) is 12.2 Å². The summed E-state index contributed by atoms with van der Waals surface area (Å²) >= 11 is 0. The van der Waals surface area contributed by atoms with Gasteiger partial charge >= 0.3 is 0 Å². The number of carbonyl (C=O) groups is 2. The van der Waals surface area contributed by atoms with Crippen molar-refractivity contribution in [3.63, 3.8) is 0 Å². The van der Waals surface area contributed by atoms with Crippen LogP contribution in [0.5, 0.6) is 0 Å². The molecule has 0 radical (unpaired) electrons. The molecule has 0 aliphatic heterocycles. The van der Waals surface area contributed by atoms with Crippen molar-refractivity contribution in [2.45, 2.75) is 5.60 Å². The van der Waals surface area contributed by atoms with Crippen LogP contribution in [0.1, 0.15) is 5.56 Å². The number of ether oxygens (including phenoxy) is 1. The largest absolute Gasteiger partial charge is 0.355 e. The first-order valence-electron chi connectivity index (χ1n) is 5.32. The predicted molar refractivity (Wildman–Crippen MR) is 63.4 cm³/mol. The number of hydrogen-bond acceptors (Lipinski definition) is 3. The molecule has 17 heavy (non-hydrogen) atoms. The van der Waals surface area contributed by atoms with E-state index in [2.05, 4.69) is 0 Å². The maximum absolute atomic E-state index is 11.2. The summed E-state index contributed by atoms with van der Waals surface area (Å²) in [5.41, 5.74) is 0.0812. The summed E-state index contributed by atoms with van der Waals surface area (Å²) in [4.78, 5) is 21.6. The van der Waals surface area contributed by atoms with E-state index < -0.39 is 5.60 Å². The van der Waals surface area contributed by atoms with Gasteiger partial charge in [-0.2, -0.15) is 0 Å². The summed E-state index contributed by atoms with van der Waals surface area (Å²) in [6.07, 6.45) is 6.96. The van der Waals surface area contributed by atoms with Crippen LogP contribution >= 0.6 is 0 Å². The van der Waals surface area contributed by atoms with Gasteiger partial charge in [0.05, 0.1) is 0 Å². The maximum atomic E-state index is 11.2. The van der Waals surface area contributed by atoms with Crippen molar-refractivity contribution in [3.8, 4) is 0 Å². The fraction of sp³-hybridized carbons (Fsp3) is 0.143. The second-order valence-electron chi connectivity index (χ2n) is 3.71. The first-order chi connectivity index (χ1) is 8.27. The zero-order chi connectivity index (χ0) is 12.1. The fourth-order valence-electron chi connectivity index (χ4n) is 1.77. The van der Waals surface area contributed by atoms with Gasteiger partial charge in [-0.1, -0.05) is 30.3 Å². The van der Waals surface area contributed by atoms with E-state index in [9.17, 15) is 9.59 Å². The van der Waals surface area contributed by atoms with Gasteiger partial charge in [0.25, 0.3) is 0 Å². The minimum atomic E-state index is -0.809. The Hall–Kier alpha value is -2.00. The van der Waals surface area contributed by atoms with E-state index in [0.717, 1.165) is 5.56 Å². The Morgan fingerprint density at radius 3 is 2.35 bits per heavy atom. The average molecular weight is 228 g/mol. The smallest absolute Gasteiger partial charge is 0.178 e. The van der Waals surface area contributed by atoms with Crippen molar-refractivity contribution in [2.75, 3.05) is 6.61 Å². The zero-order valence-electron chi connectivity index (χ0n) is 9.21. The Labute approximate surface area is 99.4 Å². The van der Waals surface area contributed by atoms with Crippen molar-refractivity contribution in [2.24, 2.45) is 0 Å². The molecule has 0 fully saturated rings. The van der Waals surface area contributed by atoms with Crippen LogP contribution < -0.4 is 0 Å². The molecule has 1 aliphatic carbocycles. The Morgan fingerprint density at radius 2 is 1.76 bits per heavy atom. The first kappa shape index (κ1) is 11.5. The molecule has 0 saturated carbocycles. The van der Waals surface area contributed by atoms with Crippen LogP contribution in [0.15, 0.2) is 54.6 Å². The molecule has 0 N–H and O–H groups in total. The molecule has 3 heteroatoms. The SMILES string of the molecule is O=CCOC1(c2ccccc2)C=CC(=O)C=C1. The lowest BCUT2D eigenvalue weighted by Crippen LogP contribution is -2.28. The minimum absolute atomic E-state index is 0.0161. The Kier molecular flexibility index (Phi) is 3.30. The van der Waals surface area contributed by atoms with Crippen LogP contribution in [0.25, 0.3) is 0 Å². The third-order valence-electron chi connectivity index (χ3n) is 2.61. The van der Waals surface area contributed by atoms with Crippen LogP contribution in [0.2, 0.25) is 0 Å². The summed E-state index contributed by atoms with van der Waals surface area (Å²) in [6.45, 7) is -0.0161.